The maximum absolute atomic E-state index is 14.7. The van der Waals surface area contributed by atoms with E-state index in [0.717, 1.165) is 21.3 Å². The molecule has 0 radical (unpaired) electrons. The molecule has 3 aliphatic heterocycles. The molecule has 3 heterocycles. The van der Waals surface area contributed by atoms with Gasteiger partial charge in [-0.2, -0.15) is 4.31 Å². The van der Waals surface area contributed by atoms with Crippen LogP contribution in [-0.2, 0) is 57.0 Å². The molecule has 340 valence electrons. The van der Waals surface area contributed by atoms with Crippen molar-refractivity contribution in [3.63, 3.8) is 0 Å². The number of ether oxygens (including phenoxy) is 2. The number of nitrogens with zero attached hydrogens (tertiary/aromatic N) is 4. The Hall–Kier alpha value is -5.68. The molecular formula is C40H48FN7O13S2. The number of hydrogen-bond donors (Lipinski definition) is 3. The van der Waals surface area contributed by atoms with Crippen molar-refractivity contribution in [1.82, 2.24) is 29.5 Å². The molecule has 2 aromatic carbocycles. The lowest BCUT2D eigenvalue weighted by molar-refractivity contribution is -0.387. The Kier molecular flexibility index (Phi) is 12.3. The number of amides is 5. The summed E-state index contributed by atoms with van der Waals surface area (Å²) in [6.07, 6.45) is -0.335. The molecule has 2 aromatic rings. The van der Waals surface area contributed by atoms with E-state index in [1.54, 1.807) is 26.8 Å². The summed E-state index contributed by atoms with van der Waals surface area (Å²) in [7, 11) is -8.76. The van der Waals surface area contributed by atoms with Crippen molar-refractivity contribution in [2.75, 3.05) is 19.6 Å². The second-order valence-corrected chi connectivity index (χ2v) is 21.2. The number of nitro benzene ring substituents is 1. The van der Waals surface area contributed by atoms with Crippen LogP contribution in [0.5, 0.6) is 0 Å². The molecule has 2 saturated carbocycles. The molecule has 3 fully saturated rings. The van der Waals surface area contributed by atoms with E-state index in [1.807, 2.05) is 0 Å². The van der Waals surface area contributed by atoms with Gasteiger partial charge in [-0.15, -0.1) is 0 Å². The highest BCUT2D eigenvalue weighted by Crippen LogP contribution is 2.46. The molecule has 0 aromatic heterocycles. The second kappa shape index (κ2) is 17.1. The zero-order chi connectivity index (χ0) is 45.6. The molecule has 63 heavy (non-hydrogen) atoms. The molecule has 7 rings (SSSR count). The van der Waals surface area contributed by atoms with E-state index in [2.05, 4.69) is 15.4 Å². The third-order valence-corrected chi connectivity index (χ3v) is 15.2. The highest BCUT2D eigenvalue weighted by atomic mass is 32.2. The van der Waals surface area contributed by atoms with Gasteiger partial charge in [-0.25, -0.2) is 30.8 Å². The van der Waals surface area contributed by atoms with Crippen LogP contribution >= 0.6 is 0 Å². The highest BCUT2D eigenvalue weighted by molar-refractivity contribution is 7.91. The fourth-order valence-electron chi connectivity index (χ4n) is 8.07. The number of nitro groups is 1. The van der Waals surface area contributed by atoms with Gasteiger partial charge in [-0.05, 0) is 70.6 Å². The van der Waals surface area contributed by atoms with Crippen LogP contribution in [0.4, 0.5) is 19.7 Å². The topological polar surface area (TPSA) is 261 Å². The van der Waals surface area contributed by atoms with E-state index in [9.17, 15) is 55.3 Å². The lowest BCUT2D eigenvalue weighted by Gasteiger charge is -2.30. The van der Waals surface area contributed by atoms with Crippen LogP contribution in [-0.4, -0.2) is 120 Å². The number of alkyl carbamates (subject to hydrolysis) is 1. The molecule has 20 nitrogen and oxygen atoms in total. The summed E-state index contributed by atoms with van der Waals surface area (Å²) in [5, 5.41) is 16.3. The number of hydrogen-bond acceptors (Lipinski definition) is 13. The Labute approximate surface area is 362 Å². The standard InChI is InChI=1S/C40H48FN7O13S2/c1-39(2,3)61-37(52)42-30-12-8-18-46(63(58,59)33-14-5-4-13-31(33)48(54)55)17-7-10-25-20-40(25,36(51)44-62(56,57)27-15-16-27)43-34(49)32-19-26(22-47(32)35(30)50)60-38(53)45-21-24-9-6-11-29(41)28(24)23-45/h4-7,9-11,13-14,25-27,30,32H,8,12,15-23H2,1-3H3,(H,42,52)(H,43,49)(H,44,51)/b10-7-/t25-,26-,30+,32?,40-/m1/s1. The smallest absolute Gasteiger partial charge is 0.410 e. The van der Waals surface area contributed by atoms with Gasteiger partial charge in [0.15, 0.2) is 4.90 Å². The van der Waals surface area contributed by atoms with Crippen LogP contribution in [0, 0.1) is 21.8 Å². The molecule has 5 atom stereocenters. The average Bonchev–Trinajstić information content (AvgIpc) is 4.09. The predicted octanol–water partition coefficient (Wildman–Crippen LogP) is 2.57. The van der Waals surface area contributed by atoms with Crippen molar-refractivity contribution in [1.29, 1.82) is 0 Å². The zero-order valence-electron chi connectivity index (χ0n) is 34.7. The SMILES string of the molecule is CC(C)(C)OC(=O)N[C@H]1CCCN(S(=O)(=O)c2ccccc2[N+](=O)[O-])C/C=C\[C@@H]2C[C@@]2(C(=O)NS(=O)(=O)C2CC2)NC(=O)C2C[C@@H](OC(=O)N3Cc4cccc(F)c4C3)CN2C1=O. The molecule has 5 aliphatic rings. The van der Waals surface area contributed by atoms with E-state index in [4.69, 9.17) is 9.47 Å². The Balaban J connectivity index is 1.22. The summed E-state index contributed by atoms with van der Waals surface area (Å²) in [6, 6.07) is 6.26. The second-order valence-electron chi connectivity index (χ2n) is 17.3. The molecule has 5 amide bonds. The fourth-order valence-corrected chi connectivity index (χ4v) is 11.0. The first kappa shape index (κ1) is 45.3. The zero-order valence-corrected chi connectivity index (χ0v) is 36.3. The third kappa shape index (κ3) is 9.78. The van der Waals surface area contributed by atoms with Crippen molar-refractivity contribution in [3.05, 3.63) is 81.7 Å². The molecule has 1 saturated heterocycles. The number of rotatable bonds is 8. The maximum atomic E-state index is 14.7. The molecule has 0 bridgehead atoms. The van der Waals surface area contributed by atoms with Crippen LogP contribution in [0.25, 0.3) is 0 Å². The lowest BCUT2D eigenvalue weighted by atomic mass is 10.1. The molecule has 23 heteroatoms. The third-order valence-electron chi connectivity index (χ3n) is 11.5. The van der Waals surface area contributed by atoms with Crippen LogP contribution in [0.3, 0.4) is 0 Å². The fraction of sp³-hybridized carbons (Fsp3) is 0.525. The number of fused-ring (bicyclic) bond motifs is 3. The minimum Gasteiger partial charge on any atom is -0.444 e. The Morgan fingerprint density at radius 1 is 1.02 bits per heavy atom. The summed E-state index contributed by atoms with van der Waals surface area (Å²) >= 11 is 0. The Bertz CT molecular complexity index is 2480. The Morgan fingerprint density at radius 3 is 2.43 bits per heavy atom. The van der Waals surface area contributed by atoms with Crippen molar-refractivity contribution in [2.24, 2.45) is 5.92 Å². The minimum absolute atomic E-state index is 0.0355. The first-order chi connectivity index (χ1) is 29.6. The predicted molar refractivity (Wildman–Crippen MR) is 218 cm³/mol. The van der Waals surface area contributed by atoms with E-state index in [-0.39, 0.29) is 51.9 Å². The number of carbonyl (C=O) groups excluding carboxylic acids is 5. The van der Waals surface area contributed by atoms with Gasteiger partial charge in [0.05, 0.1) is 23.3 Å². The van der Waals surface area contributed by atoms with Gasteiger partial charge in [0, 0.05) is 43.6 Å². The van der Waals surface area contributed by atoms with E-state index in [0.29, 0.717) is 24.0 Å². The summed E-state index contributed by atoms with van der Waals surface area (Å²) in [6.45, 7) is 3.58. The van der Waals surface area contributed by atoms with Gasteiger partial charge < -0.3 is 25.0 Å². The van der Waals surface area contributed by atoms with Gasteiger partial charge in [0.2, 0.25) is 31.9 Å². The lowest BCUT2D eigenvalue weighted by Crippen LogP contribution is -2.58. The first-order valence-corrected chi connectivity index (χ1v) is 23.4. The van der Waals surface area contributed by atoms with E-state index in [1.165, 1.54) is 41.3 Å². The molecule has 2 aliphatic carbocycles. The average molecular weight is 918 g/mol. The van der Waals surface area contributed by atoms with Gasteiger partial charge in [0.25, 0.3) is 11.6 Å². The van der Waals surface area contributed by atoms with Crippen LogP contribution < -0.4 is 15.4 Å². The quantitative estimate of drug-likeness (QED) is 0.196. The van der Waals surface area contributed by atoms with Gasteiger partial charge in [-0.1, -0.05) is 36.4 Å². The summed E-state index contributed by atoms with van der Waals surface area (Å²) in [4.78, 5) is 82.5. The summed E-state index contributed by atoms with van der Waals surface area (Å²) < 4.78 is 83.0. The monoisotopic (exact) mass is 917 g/mol. The van der Waals surface area contributed by atoms with Gasteiger partial charge >= 0.3 is 12.2 Å². The molecule has 0 spiro atoms. The van der Waals surface area contributed by atoms with Crippen LogP contribution in [0.15, 0.2) is 59.5 Å². The van der Waals surface area contributed by atoms with Crippen LogP contribution in [0.2, 0.25) is 0 Å². The van der Waals surface area contributed by atoms with E-state index < -0.39 is 118 Å². The minimum atomic E-state index is -4.63. The van der Waals surface area contributed by atoms with Gasteiger partial charge in [0.1, 0.15) is 35.1 Å². The summed E-state index contributed by atoms with van der Waals surface area (Å²) in [5.74, 6) is -4.21. The van der Waals surface area contributed by atoms with Crippen molar-refractivity contribution >= 4 is 55.6 Å². The summed E-state index contributed by atoms with van der Waals surface area (Å²) in [5.41, 5.74) is -2.71. The Morgan fingerprint density at radius 2 is 1.75 bits per heavy atom. The maximum Gasteiger partial charge on any atom is 0.410 e. The molecule has 3 N–H and O–H groups in total. The number of sulfonamides is 2. The first-order valence-electron chi connectivity index (χ1n) is 20.4. The largest absolute Gasteiger partial charge is 0.444 e. The number of nitrogens with one attached hydrogen (secondary N) is 3. The van der Waals surface area contributed by atoms with Crippen molar-refractivity contribution < 1.29 is 59.6 Å². The van der Waals surface area contributed by atoms with E-state index >= 15 is 0 Å². The number of benzene rings is 2. The van der Waals surface area contributed by atoms with Crippen molar-refractivity contribution in [2.45, 2.75) is 112 Å². The molecular weight excluding hydrogens is 870 g/mol. The number of carbonyl (C=O) groups is 5. The normalized spacial score (nSPS) is 26.2. The number of para-hydroxylation sites is 1. The highest BCUT2D eigenvalue weighted by Gasteiger charge is 2.62. The van der Waals surface area contributed by atoms with Gasteiger partial charge in [-0.3, -0.25) is 34.1 Å². The van der Waals surface area contributed by atoms with Crippen LogP contribution in [0.1, 0.15) is 70.4 Å². The molecule has 1 unspecified atom stereocenters. The number of halogens is 1. The van der Waals surface area contributed by atoms with Crippen molar-refractivity contribution in [3.8, 4) is 0 Å².